The van der Waals surface area contributed by atoms with E-state index >= 15 is 0 Å². The molecule has 5 heteroatoms. The highest BCUT2D eigenvalue weighted by Crippen LogP contribution is 2.12. The number of carbonyl (C=O) groups excluding carboxylic acids is 1. The van der Waals surface area contributed by atoms with Gasteiger partial charge in [-0.2, -0.15) is 0 Å². The standard InChI is InChI=1S/C11H15N3O2/c1-14(9-3-2-4-12-7-9)11(15)10-8-13-5-6-16-10/h2-4,7,10,13H,5-6,8H2,1H3. The highest BCUT2D eigenvalue weighted by atomic mass is 16.5. The number of ether oxygens (including phenoxy) is 1. The second-order valence-corrected chi connectivity index (χ2v) is 3.67. The number of amides is 1. The van der Waals surface area contributed by atoms with Crippen LogP contribution in [0, 0.1) is 0 Å². The Bertz CT molecular complexity index is 350. The topological polar surface area (TPSA) is 54.5 Å². The van der Waals surface area contributed by atoms with Crippen LogP contribution >= 0.6 is 0 Å². The summed E-state index contributed by atoms with van der Waals surface area (Å²) in [6, 6.07) is 3.65. The second kappa shape index (κ2) is 5.05. The molecule has 0 spiro atoms. The van der Waals surface area contributed by atoms with Gasteiger partial charge in [-0.3, -0.25) is 9.78 Å². The number of nitrogens with one attached hydrogen (secondary N) is 1. The zero-order chi connectivity index (χ0) is 11.4. The number of nitrogens with zero attached hydrogens (tertiary/aromatic N) is 2. The Morgan fingerprint density at radius 1 is 1.69 bits per heavy atom. The molecule has 1 atom stereocenters. The van der Waals surface area contributed by atoms with Crippen LogP contribution in [0.25, 0.3) is 0 Å². The van der Waals surface area contributed by atoms with Crippen LogP contribution in [0.1, 0.15) is 0 Å². The van der Waals surface area contributed by atoms with Gasteiger partial charge in [-0.25, -0.2) is 0 Å². The maximum atomic E-state index is 12.0. The van der Waals surface area contributed by atoms with E-state index in [9.17, 15) is 4.79 Å². The predicted octanol–water partition coefficient (Wildman–Crippen LogP) is 0.0328. The molecule has 1 aromatic heterocycles. The Labute approximate surface area is 94.4 Å². The summed E-state index contributed by atoms with van der Waals surface area (Å²) in [6.45, 7) is 1.96. The highest BCUT2D eigenvalue weighted by molar-refractivity contribution is 5.96. The van der Waals surface area contributed by atoms with Crippen molar-refractivity contribution in [1.82, 2.24) is 10.3 Å². The lowest BCUT2D eigenvalue weighted by atomic mass is 10.2. The normalized spacial score (nSPS) is 20.4. The van der Waals surface area contributed by atoms with E-state index in [0.29, 0.717) is 13.2 Å². The third-order valence-electron chi connectivity index (χ3n) is 2.57. The largest absolute Gasteiger partial charge is 0.366 e. The van der Waals surface area contributed by atoms with E-state index in [0.717, 1.165) is 12.2 Å². The first-order valence-electron chi connectivity index (χ1n) is 5.29. The van der Waals surface area contributed by atoms with E-state index in [4.69, 9.17) is 4.74 Å². The minimum Gasteiger partial charge on any atom is -0.366 e. The smallest absolute Gasteiger partial charge is 0.257 e. The number of pyridine rings is 1. The minimum absolute atomic E-state index is 0.0415. The van der Waals surface area contributed by atoms with Crippen molar-refractivity contribution in [1.29, 1.82) is 0 Å². The van der Waals surface area contributed by atoms with Gasteiger partial charge in [-0.1, -0.05) is 0 Å². The van der Waals surface area contributed by atoms with Crippen molar-refractivity contribution >= 4 is 11.6 Å². The summed E-state index contributed by atoms with van der Waals surface area (Å²) < 4.78 is 5.41. The summed E-state index contributed by atoms with van der Waals surface area (Å²) in [6.07, 6.45) is 2.95. The summed E-state index contributed by atoms with van der Waals surface area (Å²) in [5.74, 6) is -0.0415. The fourth-order valence-electron chi connectivity index (χ4n) is 1.62. The number of hydrogen-bond donors (Lipinski definition) is 1. The molecule has 0 bridgehead atoms. The van der Waals surface area contributed by atoms with Crippen LogP contribution in [0.3, 0.4) is 0 Å². The van der Waals surface area contributed by atoms with Gasteiger partial charge in [0.25, 0.3) is 5.91 Å². The molecule has 2 rings (SSSR count). The number of hydrogen-bond acceptors (Lipinski definition) is 4. The molecule has 1 amide bonds. The summed E-state index contributed by atoms with van der Waals surface area (Å²) >= 11 is 0. The first-order chi connectivity index (χ1) is 7.79. The number of aromatic nitrogens is 1. The number of anilines is 1. The molecule has 1 aliphatic heterocycles. The van der Waals surface area contributed by atoms with E-state index in [1.807, 2.05) is 6.07 Å². The molecule has 86 valence electrons. The second-order valence-electron chi connectivity index (χ2n) is 3.67. The SMILES string of the molecule is CN(C(=O)C1CNCCO1)c1cccnc1. The predicted molar refractivity (Wildman–Crippen MR) is 60.3 cm³/mol. The lowest BCUT2D eigenvalue weighted by Crippen LogP contribution is -2.48. The molecular formula is C11H15N3O2. The maximum absolute atomic E-state index is 12.0. The van der Waals surface area contributed by atoms with Gasteiger partial charge >= 0.3 is 0 Å². The van der Waals surface area contributed by atoms with Crippen LogP contribution in [0.2, 0.25) is 0 Å². The van der Waals surface area contributed by atoms with Gasteiger partial charge in [0, 0.05) is 26.3 Å². The fraction of sp³-hybridized carbons (Fsp3) is 0.455. The van der Waals surface area contributed by atoms with Gasteiger partial charge in [0.15, 0.2) is 0 Å². The molecule has 1 unspecified atom stereocenters. The fourth-order valence-corrected chi connectivity index (χ4v) is 1.62. The monoisotopic (exact) mass is 221 g/mol. The Hall–Kier alpha value is -1.46. The average Bonchev–Trinajstić information content (AvgIpc) is 2.39. The van der Waals surface area contributed by atoms with Crippen LogP contribution in [0.4, 0.5) is 5.69 Å². The molecule has 1 fully saturated rings. The molecule has 5 nitrogen and oxygen atoms in total. The van der Waals surface area contributed by atoms with Crippen LogP contribution in [0.15, 0.2) is 24.5 Å². The summed E-state index contributed by atoms with van der Waals surface area (Å²) in [5, 5.41) is 3.13. The Morgan fingerprint density at radius 2 is 2.56 bits per heavy atom. The molecule has 0 saturated carbocycles. The van der Waals surface area contributed by atoms with Crippen LogP contribution < -0.4 is 10.2 Å². The zero-order valence-electron chi connectivity index (χ0n) is 9.22. The number of carbonyl (C=O) groups is 1. The quantitative estimate of drug-likeness (QED) is 0.765. The number of morpholine rings is 1. The van der Waals surface area contributed by atoms with Crippen molar-refractivity contribution in [2.45, 2.75) is 6.10 Å². The Morgan fingerprint density at radius 3 is 3.19 bits per heavy atom. The number of rotatable bonds is 2. The van der Waals surface area contributed by atoms with Crippen LogP contribution in [-0.2, 0) is 9.53 Å². The number of likely N-dealkylation sites (N-methyl/N-ethyl adjacent to an activating group) is 1. The molecule has 1 N–H and O–H groups in total. The molecule has 1 saturated heterocycles. The third-order valence-corrected chi connectivity index (χ3v) is 2.57. The molecule has 0 radical (unpaired) electrons. The Kier molecular flexibility index (Phi) is 3.48. The minimum atomic E-state index is -0.390. The van der Waals surface area contributed by atoms with Gasteiger partial charge in [0.05, 0.1) is 18.5 Å². The van der Waals surface area contributed by atoms with Gasteiger partial charge < -0.3 is 15.0 Å². The average molecular weight is 221 g/mol. The van der Waals surface area contributed by atoms with Gasteiger partial charge in [0.2, 0.25) is 0 Å². The van der Waals surface area contributed by atoms with Crippen molar-refractivity contribution in [2.75, 3.05) is 31.6 Å². The van der Waals surface area contributed by atoms with Gasteiger partial charge in [-0.05, 0) is 12.1 Å². The van der Waals surface area contributed by atoms with E-state index in [1.54, 1.807) is 30.4 Å². The van der Waals surface area contributed by atoms with E-state index in [1.165, 1.54) is 0 Å². The molecule has 1 aliphatic rings. The maximum Gasteiger partial charge on any atom is 0.257 e. The zero-order valence-corrected chi connectivity index (χ0v) is 9.22. The van der Waals surface area contributed by atoms with Crippen molar-refractivity contribution in [3.8, 4) is 0 Å². The van der Waals surface area contributed by atoms with E-state index in [2.05, 4.69) is 10.3 Å². The van der Waals surface area contributed by atoms with Crippen molar-refractivity contribution in [2.24, 2.45) is 0 Å². The third kappa shape index (κ3) is 2.37. The van der Waals surface area contributed by atoms with Gasteiger partial charge in [0.1, 0.15) is 6.10 Å². The molecule has 1 aromatic rings. The lowest BCUT2D eigenvalue weighted by molar-refractivity contribution is -0.131. The summed E-state index contributed by atoms with van der Waals surface area (Å²) in [7, 11) is 1.73. The highest BCUT2D eigenvalue weighted by Gasteiger charge is 2.25. The first-order valence-corrected chi connectivity index (χ1v) is 5.29. The summed E-state index contributed by atoms with van der Waals surface area (Å²) in [5.41, 5.74) is 0.779. The molecule has 2 heterocycles. The van der Waals surface area contributed by atoms with Crippen LogP contribution in [0.5, 0.6) is 0 Å². The Balaban J connectivity index is 2.04. The molecule has 16 heavy (non-hydrogen) atoms. The molecule has 0 aliphatic carbocycles. The van der Waals surface area contributed by atoms with E-state index in [-0.39, 0.29) is 12.0 Å². The van der Waals surface area contributed by atoms with Crippen molar-refractivity contribution in [3.63, 3.8) is 0 Å². The lowest BCUT2D eigenvalue weighted by Gasteiger charge is -2.27. The van der Waals surface area contributed by atoms with Gasteiger partial charge in [-0.15, -0.1) is 0 Å². The van der Waals surface area contributed by atoms with Crippen molar-refractivity contribution < 1.29 is 9.53 Å². The molecule has 0 aromatic carbocycles. The van der Waals surface area contributed by atoms with Crippen LogP contribution in [-0.4, -0.2) is 43.7 Å². The van der Waals surface area contributed by atoms with Crippen molar-refractivity contribution in [3.05, 3.63) is 24.5 Å². The molecular weight excluding hydrogens is 206 g/mol. The van der Waals surface area contributed by atoms with E-state index < -0.39 is 0 Å². The summed E-state index contributed by atoms with van der Waals surface area (Å²) in [4.78, 5) is 17.6. The first kappa shape index (κ1) is 11.0.